The summed E-state index contributed by atoms with van der Waals surface area (Å²) in [4.78, 5) is 12.4. The number of aromatic nitrogens is 3. The minimum Gasteiger partial charge on any atom is -0.494 e. The number of nitrogens with zero attached hydrogens (tertiary/aromatic N) is 3. The van der Waals surface area contributed by atoms with E-state index >= 15 is 0 Å². The molecule has 1 N–H and O–H groups in total. The fourth-order valence-electron chi connectivity index (χ4n) is 3.16. The lowest BCUT2D eigenvalue weighted by Crippen LogP contribution is -2.15. The lowest BCUT2D eigenvalue weighted by atomic mass is 10.1. The second-order valence-electron chi connectivity index (χ2n) is 7.71. The molecular formula is C24H30N4O3S. The Morgan fingerprint density at radius 3 is 2.53 bits per heavy atom. The summed E-state index contributed by atoms with van der Waals surface area (Å²) in [7, 11) is 0. The quantitative estimate of drug-likeness (QED) is 0.425. The Balaban J connectivity index is 1.61. The van der Waals surface area contributed by atoms with Gasteiger partial charge in [-0.15, -0.1) is 10.2 Å². The number of rotatable bonds is 10. The molecule has 8 heteroatoms. The summed E-state index contributed by atoms with van der Waals surface area (Å²) in [6, 6.07) is 13.6. The predicted octanol–water partition coefficient (Wildman–Crippen LogP) is 5.18. The Morgan fingerprint density at radius 1 is 1.09 bits per heavy atom. The van der Waals surface area contributed by atoms with Gasteiger partial charge in [0.15, 0.2) is 11.0 Å². The van der Waals surface area contributed by atoms with E-state index in [1.165, 1.54) is 11.8 Å². The smallest absolute Gasteiger partial charge is 0.234 e. The molecule has 7 nitrogen and oxygen atoms in total. The minimum atomic E-state index is -0.106. The van der Waals surface area contributed by atoms with Gasteiger partial charge < -0.3 is 19.4 Å². The van der Waals surface area contributed by atoms with E-state index in [9.17, 15) is 4.79 Å². The standard InChI is InChI=1S/C24H30N4O3S/c1-6-30-20-11-9-19(10-12-20)25-23(29)15-32-24-27-26-22(28(24)16(2)3)14-31-21-13-17(4)7-8-18(21)5/h7-13,16H,6,14-15H2,1-5H3,(H,25,29). The molecule has 1 amide bonds. The third kappa shape index (κ3) is 6.26. The number of anilines is 1. The van der Waals surface area contributed by atoms with E-state index in [0.29, 0.717) is 18.4 Å². The summed E-state index contributed by atoms with van der Waals surface area (Å²) in [5, 5.41) is 12.2. The molecular weight excluding hydrogens is 424 g/mol. The zero-order valence-electron chi connectivity index (χ0n) is 19.2. The fourth-order valence-corrected chi connectivity index (χ4v) is 4.04. The predicted molar refractivity (Wildman–Crippen MR) is 128 cm³/mol. The fraction of sp³-hybridized carbons (Fsp3) is 0.375. The Hall–Kier alpha value is -3.00. The maximum absolute atomic E-state index is 12.4. The van der Waals surface area contributed by atoms with Gasteiger partial charge in [0.2, 0.25) is 5.91 Å². The van der Waals surface area contributed by atoms with E-state index in [1.54, 1.807) is 0 Å². The molecule has 1 heterocycles. The van der Waals surface area contributed by atoms with Crippen molar-refractivity contribution in [1.82, 2.24) is 14.8 Å². The number of hydrogen-bond acceptors (Lipinski definition) is 6. The molecule has 0 atom stereocenters. The number of nitrogens with one attached hydrogen (secondary N) is 1. The summed E-state index contributed by atoms with van der Waals surface area (Å²) < 4.78 is 13.5. The van der Waals surface area contributed by atoms with Crippen molar-refractivity contribution in [2.75, 3.05) is 17.7 Å². The van der Waals surface area contributed by atoms with Crippen LogP contribution in [0.25, 0.3) is 0 Å². The van der Waals surface area contributed by atoms with Crippen LogP contribution in [0, 0.1) is 13.8 Å². The number of aryl methyl sites for hydroxylation is 2. The van der Waals surface area contributed by atoms with Crippen LogP contribution in [0.15, 0.2) is 47.6 Å². The van der Waals surface area contributed by atoms with Crippen LogP contribution in [0.4, 0.5) is 5.69 Å². The Morgan fingerprint density at radius 2 is 1.84 bits per heavy atom. The third-order valence-corrected chi connectivity index (χ3v) is 5.68. The van der Waals surface area contributed by atoms with E-state index in [2.05, 4.69) is 35.4 Å². The van der Waals surface area contributed by atoms with Crippen molar-refractivity contribution in [3.63, 3.8) is 0 Å². The zero-order valence-corrected chi connectivity index (χ0v) is 20.0. The minimum absolute atomic E-state index is 0.106. The maximum atomic E-state index is 12.4. The van der Waals surface area contributed by atoms with Gasteiger partial charge in [0.25, 0.3) is 0 Å². The SMILES string of the molecule is CCOc1ccc(NC(=O)CSc2nnc(COc3cc(C)ccc3C)n2C(C)C)cc1. The van der Waals surface area contributed by atoms with Crippen LogP contribution in [0.3, 0.4) is 0 Å². The highest BCUT2D eigenvalue weighted by molar-refractivity contribution is 7.99. The zero-order chi connectivity index (χ0) is 23.1. The van der Waals surface area contributed by atoms with E-state index < -0.39 is 0 Å². The Bertz CT molecular complexity index is 1050. The topological polar surface area (TPSA) is 78.3 Å². The highest BCUT2D eigenvalue weighted by atomic mass is 32.2. The van der Waals surface area contributed by atoms with E-state index in [-0.39, 0.29) is 17.7 Å². The van der Waals surface area contributed by atoms with Crippen molar-refractivity contribution in [1.29, 1.82) is 0 Å². The van der Waals surface area contributed by atoms with Crippen LogP contribution in [0.5, 0.6) is 11.5 Å². The molecule has 0 saturated heterocycles. The van der Waals surface area contributed by atoms with E-state index in [1.807, 2.05) is 61.7 Å². The Kier molecular flexibility index (Phi) is 8.16. The molecule has 1 aromatic heterocycles. The first-order chi connectivity index (χ1) is 15.4. The molecule has 0 fully saturated rings. The number of ether oxygens (including phenoxy) is 2. The molecule has 0 aliphatic rings. The van der Waals surface area contributed by atoms with Crippen molar-refractivity contribution >= 4 is 23.4 Å². The van der Waals surface area contributed by atoms with Crippen LogP contribution in [-0.4, -0.2) is 33.0 Å². The summed E-state index contributed by atoms with van der Waals surface area (Å²) >= 11 is 1.36. The molecule has 0 aliphatic carbocycles. The molecule has 3 aromatic rings. The van der Waals surface area contributed by atoms with E-state index in [0.717, 1.165) is 34.1 Å². The van der Waals surface area contributed by atoms with Gasteiger partial charge in [0.1, 0.15) is 18.1 Å². The van der Waals surface area contributed by atoms with Crippen molar-refractivity contribution in [2.24, 2.45) is 0 Å². The molecule has 170 valence electrons. The molecule has 0 aliphatic heterocycles. The molecule has 2 aromatic carbocycles. The summed E-state index contributed by atoms with van der Waals surface area (Å²) in [5.41, 5.74) is 2.95. The second-order valence-corrected chi connectivity index (χ2v) is 8.66. The van der Waals surface area contributed by atoms with Crippen LogP contribution in [-0.2, 0) is 11.4 Å². The Labute approximate surface area is 193 Å². The van der Waals surface area contributed by atoms with Crippen LogP contribution in [0.1, 0.15) is 43.8 Å². The lowest BCUT2D eigenvalue weighted by Gasteiger charge is -2.15. The lowest BCUT2D eigenvalue weighted by molar-refractivity contribution is -0.113. The van der Waals surface area contributed by atoms with Gasteiger partial charge in [-0.05, 0) is 76.1 Å². The first-order valence-electron chi connectivity index (χ1n) is 10.7. The van der Waals surface area contributed by atoms with Crippen LogP contribution >= 0.6 is 11.8 Å². The molecule has 0 radical (unpaired) electrons. The first kappa shape index (κ1) is 23.7. The number of carbonyl (C=O) groups is 1. The number of amides is 1. The largest absolute Gasteiger partial charge is 0.494 e. The van der Waals surface area contributed by atoms with Crippen LogP contribution in [0.2, 0.25) is 0 Å². The normalized spacial score (nSPS) is 10.9. The summed E-state index contributed by atoms with van der Waals surface area (Å²) in [6.07, 6.45) is 0. The van der Waals surface area contributed by atoms with Crippen LogP contribution < -0.4 is 14.8 Å². The number of thioether (sulfide) groups is 1. The average Bonchev–Trinajstić information content (AvgIpc) is 3.17. The number of carbonyl (C=O) groups excluding carboxylic acids is 1. The third-order valence-electron chi connectivity index (χ3n) is 4.73. The van der Waals surface area contributed by atoms with Crippen molar-refractivity contribution in [2.45, 2.75) is 52.4 Å². The van der Waals surface area contributed by atoms with Gasteiger partial charge in [-0.1, -0.05) is 23.9 Å². The van der Waals surface area contributed by atoms with Crippen molar-refractivity contribution < 1.29 is 14.3 Å². The van der Waals surface area contributed by atoms with E-state index in [4.69, 9.17) is 9.47 Å². The van der Waals surface area contributed by atoms with Crippen molar-refractivity contribution in [3.8, 4) is 11.5 Å². The van der Waals surface area contributed by atoms with Gasteiger partial charge in [-0.2, -0.15) is 0 Å². The molecule has 3 rings (SSSR count). The van der Waals surface area contributed by atoms with Crippen molar-refractivity contribution in [3.05, 3.63) is 59.4 Å². The van der Waals surface area contributed by atoms with Gasteiger partial charge in [0.05, 0.1) is 12.4 Å². The highest BCUT2D eigenvalue weighted by Crippen LogP contribution is 2.25. The molecule has 0 bridgehead atoms. The summed E-state index contributed by atoms with van der Waals surface area (Å²) in [5.74, 6) is 2.48. The van der Waals surface area contributed by atoms with Gasteiger partial charge in [-0.25, -0.2) is 0 Å². The van der Waals surface area contributed by atoms with Gasteiger partial charge in [-0.3, -0.25) is 4.79 Å². The average molecular weight is 455 g/mol. The van der Waals surface area contributed by atoms with Gasteiger partial charge >= 0.3 is 0 Å². The molecule has 0 spiro atoms. The maximum Gasteiger partial charge on any atom is 0.234 e. The molecule has 0 unspecified atom stereocenters. The summed E-state index contributed by atoms with van der Waals surface area (Å²) in [6.45, 7) is 11.0. The molecule has 0 saturated carbocycles. The second kappa shape index (κ2) is 11.0. The number of hydrogen-bond donors (Lipinski definition) is 1. The highest BCUT2D eigenvalue weighted by Gasteiger charge is 2.17. The first-order valence-corrected chi connectivity index (χ1v) is 11.6. The monoisotopic (exact) mass is 454 g/mol. The number of benzene rings is 2. The molecule has 32 heavy (non-hydrogen) atoms. The van der Waals surface area contributed by atoms with Gasteiger partial charge in [0, 0.05) is 11.7 Å².